The fraction of sp³-hybridized carbons (Fsp3) is 1.00. The highest BCUT2D eigenvalue weighted by Crippen LogP contribution is 3.17. The fourth-order valence-electron chi connectivity index (χ4n) is 23.4. The zero-order chi connectivity index (χ0) is 19.7. The van der Waals surface area contributed by atoms with Gasteiger partial charge in [0.1, 0.15) is 0 Å². The molecule has 0 heterocycles. The van der Waals surface area contributed by atoms with Crippen molar-refractivity contribution in [1.82, 2.24) is 0 Å². The lowest BCUT2D eigenvalue weighted by Gasteiger charge is -3.10. The lowest BCUT2D eigenvalue weighted by molar-refractivity contribution is -0.640. The molecule has 0 amide bonds. The van der Waals surface area contributed by atoms with E-state index < -0.39 is 0 Å². The summed E-state index contributed by atoms with van der Waals surface area (Å²) < 4.78 is 0. The van der Waals surface area contributed by atoms with Gasteiger partial charge in [-0.15, -0.1) is 0 Å². The van der Waals surface area contributed by atoms with Crippen LogP contribution in [0.25, 0.3) is 0 Å². The lowest BCUT2D eigenvalue weighted by Crippen LogP contribution is -3.07. The van der Waals surface area contributed by atoms with E-state index in [1.807, 2.05) is 6.42 Å². The molecule has 16 aliphatic rings. The number of hydrogen-bond acceptors (Lipinski definition) is 0. The van der Waals surface area contributed by atoms with Gasteiger partial charge in [0.25, 0.3) is 0 Å². The van der Waals surface area contributed by atoms with Crippen LogP contribution in [0.5, 0.6) is 0 Å². The molecule has 2 bridgehead atoms. The summed E-state index contributed by atoms with van der Waals surface area (Å²) >= 11 is 0. The van der Waals surface area contributed by atoms with Gasteiger partial charge in [0.05, 0.1) is 0 Å². The Hall–Kier alpha value is 0. The minimum Gasteiger partial charge on any atom is -0.0496 e. The van der Waals surface area contributed by atoms with E-state index in [1.54, 1.807) is 38.5 Å². The third kappa shape index (κ3) is 0.735. The number of hydrogen-bond donors (Lipinski definition) is 0. The molecule has 26 unspecified atom stereocenters. The Balaban J connectivity index is 1.05. The van der Waals surface area contributed by atoms with Crippen molar-refractivity contribution < 1.29 is 0 Å². The molecule has 0 aromatic rings. The minimum atomic E-state index is 0.931. The summed E-state index contributed by atoms with van der Waals surface area (Å²) in [4.78, 5) is 0. The summed E-state index contributed by atoms with van der Waals surface area (Å²) in [5.74, 6) is 28.5. The van der Waals surface area contributed by atoms with Crippen LogP contribution < -0.4 is 0 Å². The smallest absolute Gasteiger partial charge is 0.00992 e. The summed E-state index contributed by atoms with van der Waals surface area (Å²) in [5.41, 5.74) is 4.00. The van der Waals surface area contributed by atoms with Crippen LogP contribution in [-0.2, 0) is 0 Å². The van der Waals surface area contributed by atoms with Gasteiger partial charge >= 0.3 is 0 Å². The summed E-state index contributed by atoms with van der Waals surface area (Å²) in [6.07, 6.45) is 12.3. The van der Waals surface area contributed by atoms with Gasteiger partial charge in [-0.05, 0) is 197 Å². The van der Waals surface area contributed by atoms with Crippen LogP contribution in [0.15, 0.2) is 0 Å². The normalized spacial score (nSPS) is 100. The topological polar surface area (TPSA) is 0 Å². The maximum Gasteiger partial charge on any atom is -0.00992 e. The van der Waals surface area contributed by atoms with Crippen LogP contribution >= 0.6 is 0 Å². The van der Waals surface area contributed by atoms with Gasteiger partial charge in [-0.3, -0.25) is 0 Å². The third-order valence-electron chi connectivity index (χ3n) is 21.5. The van der Waals surface area contributed by atoms with E-state index >= 15 is 0 Å². The first-order valence-electron chi connectivity index (χ1n) is 16.4. The van der Waals surface area contributed by atoms with Crippen molar-refractivity contribution in [1.29, 1.82) is 0 Å². The van der Waals surface area contributed by atoms with Crippen molar-refractivity contribution in [3.8, 4) is 0 Å². The van der Waals surface area contributed by atoms with E-state index in [1.165, 1.54) is 130 Å². The molecule has 4 spiro atoms. The summed E-state index contributed by atoms with van der Waals surface area (Å²) in [5, 5.41) is 0. The highest BCUT2D eigenvalue weighted by molar-refractivity contribution is 5.60. The first kappa shape index (κ1) is 14.7. The molecule has 168 valence electrons. The molecule has 0 N–H and O–H groups in total. The van der Waals surface area contributed by atoms with E-state index in [4.69, 9.17) is 0 Å². The summed E-state index contributed by atoms with van der Waals surface area (Å²) in [7, 11) is 0. The van der Waals surface area contributed by atoms with Crippen molar-refractivity contribution in [2.24, 2.45) is 152 Å². The van der Waals surface area contributed by atoms with Crippen molar-refractivity contribution in [2.75, 3.05) is 0 Å². The van der Waals surface area contributed by atoms with Gasteiger partial charge in [0, 0.05) is 0 Å². The van der Waals surface area contributed by atoms with Crippen LogP contribution in [0.2, 0.25) is 0 Å². The van der Waals surface area contributed by atoms with Crippen LogP contribution in [-0.4, -0.2) is 0 Å². The van der Waals surface area contributed by atoms with Crippen LogP contribution in [0, 0.1) is 152 Å². The molecular formula is C33H36. The molecule has 16 aliphatic carbocycles. The molecule has 0 radical (unpaired) electrons. The summed E-state index contributed by atoms with van der Waals surface area (Å²) in [6, 6.07) is 0. The predicted molar refractivity (Wildman–Crippen MR) is 119 cm³/mol. The van der Waals surface area contributed by atoms with Gasteiger partial charge in [0.15, 0.2) is 0 Å². The maximum absolute atomic E-state index is 1.82. The van der Waals surface area contributed by atoms with Gasteiger partial charge in [-0.1, -0.05) is 0 Å². The molecule has 16 rings (SSSR count). The molecule has 0 heteroatoms. The maximum atomic E-state index is 1.82. The molecule has 0 aliphatic heterocycles. The Kier molecular flexibility index (Phi) is 1.45. The molecular weight excluding hydrogens is 396 g/mol. The second kappa shape index (κ2) is 3.27. The second-order valence-corrected chi connectivity index (χ2v) is 18.7. The van der Waals surface area contributed by atoms with Crippen molar-refractivity contribution in [3.05, 3.63) is 0 Å². The minimum absolute atomic E-state index is 0.931. The SMILES string of the molecule is C1CC2(C3C4CC1C1CC3C14)C1C3C4CC5C4C46C7C(CC7C54)C4C5CC2C27C5C4C62C3C17. The first-order valence-corrected chi connectivity index (χ1v) is 16.4. The molecule has 16 saturated carbocycles. The Labute approximate surface area is 196 Å². The van der Waals surface area contributed by atoms with Gasteiger partial charge < -0.3 is 0 Å². The zero-order valence-electron chi connectivity index (χ0n) is 19.7. The quantitative estimate of drug-likeness (QED) is 0.478. The van der Waals surface area contributed by atoms with E-state index in [0.29, 0.717) is 0 Å². The Bertz CT molecular complexity index is 1270. The van der Waals surface area contributed by atoms with Crippen molar-refractivity contribution >= 4 is 0 Å². The number of rotatable bonds is 0. The fourth-order valence-corrected chi connectivity index (χ4v) is 23.4. The molecule has 16 fully saturated rings. The Morgan fingerprint density at radius 2 is 1.12 bits per heavy atom. The van der Waals surface area contributed by atoms with E-state index in [9.17, 15) is 0 Å². The van der Waals surface area contributed by atoms with Gasteiger partial charge in [0.2, 0.25) is 0 Å². The van der Waals surface area contributed by atoms with Crippen LogP contribution in [0.1, 0.15) is 44.9 Å². The highest BCUT2D eigenvalue weighted by Gasteiger charge is 3.14. The summed E-state index contributed by atoms with van der Waals surface area (Å²) in [6.45, 7) is 0. The Morgan fingerprint density at radius 1 is 0.424 bits per heavy atom. The lowest BCUT2D eigenvalue weighted by atomic mass is 8.94. The molecule has 0 nitrogen and oxygen atoms in total. The predicted octanol–water partition coefficient (Wildman–Crippen LogP) is 5.44. The molecule has 26 atom stereocenters. The van der Waals surface area contributed by atoms with Gasteiger partial charge in [-0.25, -0.2) is 0 Å². The first-order chi connectivity index (χ1) is 16.4. The van der Waals surface area contributed by atoms with Crippen LogP contribution in [0.3, 0.4) is 0 Å². The number of fused-ring (bicyclic) bond motifs is 12. The Morgan fingerprint density at radius 3 is 2.03 bits per heavy atom. The average Bonchev–Trinajstić information content (AvgIpc) is 2.98. The zero-order valence-corrected chi connectivity index (χ0v) is 19.7. The largest absolute Gasteiger partial charge is 0.0496 e. The molecule has 0 saturated heterocycles. The van der Waals surface area contributed by atoms with Crippen molar-refractivity contribution in [3.63, 3.8) is 0 Å². The standard InChI is InChI=1S/C33H36/c1-2-30(21-10-3-8(1)9-4-11(21)18(9)10)17-7-14-19-12-5-15-22(12)32-23-13(6-16(23)24(15)32)20-26(30)29-28(20)33(32)27(19)25(14)31(17,29)33/h8-29H,1-7H2. The third-order valence-corrected chi connectivity index (χ3v) is 21.5. The monoisotopic (exact) mass is 432 g/mol. The second-order valence-electron chi connectivity index (χ2n) is 18.7. The van der Waals surface area contributed by atoms with Crippen molar-refractivity contribution in [2.45, 2.75) is 44.9 Å². The molecule has 0 aromatic carbocycles. The molecule has 0 aromatic heterocycles. The molecule has 33 heavy (non-hydrogen) atoms. The average molecular weight is 433 g/mol. The van der Waals surface area contributed by atoms with Gasteiger partial charge in [-0.2, -0.15) is 0 Å². The van der Waals surface area contributed by atoms with E-state index in [-0.39, 0.29) is 0 Å². The van der Waals surface area contributed by atoms with E-state index in [2.05, 4.69) is 0 Å². The van der Waals surface area contributed by atoms with E-state index in [0.717, 1.165) is 21.7 Å². The highest BCUT2D eigenvalue weighted by atomic mass is 15.2. The van der Waals surface area contributed by atoms with Crippen LogP contribution in [0.4, 0.5) is 0 Å².